The number of aliphatic hydroxyl groups excluding tert-OH is 1. The molecule has 4 atom stereocenters. The fourth-order valence-corrected chi connectivity index (χ4v) is 9.71. The number of hydrogen-bond acceptors (Lipinski definition) is 7. The van der Waals surface area contributed by atoms with Crippen LogP contribution in [0.5, 0.6) is 5.75 Å². The van der Waals surface area contributed by atoms with Gasteiger partial charge in [-0.05, 0) is 100 Å². The van der Waals surface area contributed by atoms with Gasteiger partial charge >= 0.3 is 0 Å². The van der Waals surface area contributed by atoms with Crippen molar-refractivity contribution in [2.24, 2.45) is 5.41 Å². The molecule has 1 saturated carbocycles. The number of thiazole rings is 1. The molecule has 1 fully saturated rings. The predicted octanol–water partition coefficient (Wildman–Crippen LogP) is 8.76. The van der Waals surface area contributed by atoms with Gasteiger partial charge in [0.05, 0.1) is 28.5 Å². The minimum atomic E-state index is -0.947. The number of aliphatic hydroxyl groups is 2. The van der Waals surface area contributed by atoms with Crippen molar-refractivity contribution >= 4 is 39.1 Å². The number of carbonyl (C=O) groups is 1. The Hall–Kier alpha value is -2.97. The molecular weight excluding hydrogens is 599 g/mol. The second kappa shape index (κ2) is 13.4. The van der Waals surface area contributed by atoms with E-state index in [0.717, 1.165) is 57.1 Å². The van der Waals surface area contributed by atoms with Crippen molar-refractivity contribution < 1.29 is 19.7 Å². The average Bonchev–Trinajstić information content (AvgIpc) is 3.56. The number of carbonyl (C=O) groups excluding carboxylic acids is 1. The molecule has 7 rings (SSSR count). The van der Waals surface area contributed by atoms with E-state index in [-0.39, 0.29) is 11.7 Å². The number of ketones is 1. The van der Waals surface area contributed by atoms with Crippen molar-refractivity contribution in [3.05, 3.63) is 101 Å². The molecule has 0 radical (unpaired) electrons. The highest BCUT2D eigenvalue weighted by Crippen LogP contribution is 2.59. The van der Waals surface area contributed by atoms with Gasteiger partial charge in [0.2, 0.25) is 0 Å². The van der Waals surface area contributed by atoms with Crippen LogP contribution in [0.15, 0.2) is 82.7 Å². The highest BCUT2D eigenvalue weighted by molar-refractivity contribution is 8.01. The normalized spacial score (nSPS) is 25.5. The van der Waals surface area contributed by atoms with Gasteiger partial charge in [0.15, 0.2) is 10.1 Å². The Morgan fingerprint density at radius 2 is 1.91 bits per heavy atom. The van der Waals surface area contributed by atoms with Gasteiger partial charge in [-0.25, -0.2) is 4.98 Å². The standard InChI is InChI=1S/C38H43NO4S2/c1-4-43-29-15-17-33-34(23-29)45-36(39-33)44-24-38(42)20-18-32-30-16-13-26(22-31(30)35(41)27-10-6-5-7-11-27)21-28(40)14-12-25(2)9-8-19-37(32,38)3/h5-7,9-11,13,15-17,22-23,28,32,40,42H,4,8,12,14,18-21,24H2,1-3H3/t28-,32-,37-,38+/m0/s1. The van der Waals surface area contributed by atoms with E-state index >= 15 is 0 Å². The lowest BCUT2D eigenvalue weighted by Gasteiger charge is -2.44. The van der Waals surface area contributed by atoms with Gasteiger partial charge in [0.1, 0.15) is 5.75 Å². The van der Waals surface area contributed by atoms with Gasteiger partial charge in [-0.15, -0.1) is 11.3 Å². The zero-order chi connectivity index (χ0) is 31.6. The summed E-state index contributed by atoms with van der Waals surface area (Å²) in [6.45, 7) is 6.98. The Kier molecular flexibility index (Phi) is 9.53. The third-order valence-corrected chi connectivity index (χ3v) is 12.4. The van der Waals surface area contributed by atoms with Gasteiger partial charge in [-0.1, -0.05) is 72.8 Å². The Bertz CT molecular complexity index is 1700. The van der Waals surface area contributed by atoms with Crippen LogP contribution >= 0.6 is 23.1 Å². The van der Waals surface area contributed by atoms with Gasteiger partial charge in [-0.3, -0.25) is 4.79 Å². The summed E-state index contributed by atoms with van der Waals surface area (Å²) in [4.78, 5) is 18.9. The highest BCUT2D eigenvalue weighted by atomic mass is 32.2. The number of benzene rings is 3. The maximum absolute atomic E-state index is 14.1. The number of rotatable bonds is 7. The van der Waals surface area contributed by atoms with Crippen molar-refractivity contribution in [2.75, 3.05) is 12.4 Å². The van der Waals surface area contributed by atoms with Crippen LogP contribution < -0.4 is 4.74 Å². The lowest BCUT2D eigenvalue weighted by atomic mass is 9.65. The van der Waals surface area contributed by atoms with Crippen molar-refractivity contribution in [3.63, 3.8) is 0 Å². The maximum atomic E-state index is 14.1. The van der Waals surface area contributed by atoms with Gasteiger partial charge in [-0.2, -0.15) is 0 Å². The largest absolute Gasteiger partial charge is 0.494 e. The van der Waals surface area contributed by atoms with Gasteiger partial charge < -0.3 is 14.9 Å². The SMILES string of the molecule is CCOc1ccc2nc(SC[C@]3(O)CC[C@H]4c5ccc(cc5C(=O)c5ccccc5)C[C@@H](O)CCC(C)=CCC[C@@]43C)sc2c1. The third-order valence-electron chi connectivity index (χ3n) is 10.0. The molecule has 2 bridgehead atoms. The van der Waals surface area contributed by atoms with E-state index in [4.69, 9.17) is 9.72 Å². The quantitative estimate of drug-likeness (QED) is 0.119. The third kappa shape index (κ3) is 6.64. The van der Waals surface area contributed by atoms with E-state index in [2.05, 4.69) is 32.1 Å². The van der Waals surface area contributed by atoms with E-state index in [9.17, 15) is 15.0 Å². The Balaban J connectivity index is 1.36. The maximum Gasteiger partial charge on any atom is 0.193 e. The smallest absolute Gasteiger partial charge is 0.193 e. The predicted molar refractivity (Wildman–Crippen MR) is 185 cm³/mol. The minimum absolute atomic E-state index is 0.00200. The van der Waals surface area contributed by atoms with Crippen LogP contribution in [0.4, 0.5) is 0 Å². The molecule has 1 aromatic heterocycles. The molecule has 3 aliphatic carbocycles. The monoisotopic (exact) mass is 641 g/mol. The Morgan fingerprint density at radius 1 is 1.09 bits per heavy atom. The Morgan fingerprint density at radius 3 is 2.71 bits per heavy atom. The fraction of sp³-hybridized carbons (Fsp3) is 0.421. The van der Waals surface area contributed by atoms with E-state index in [1.807, 2.05) is 61.5 Å². The number of nitrogens with zero attached hydrogens (tertiary/aromatic N) is 1. The van der Waals surface area contributed by atoms with Crippen LogP contribution in [-0.4, -0.2) is 45.0 Å². The molecule has 2 N–H and O–H groups in total. The highest BCUT2D eigenvalue weighted by Gasteiger charge is 2.56. The molecule has 3 aromatic carbocycles. The molecule has 236 valence electrons. The summed E-state index contributed by atoms with van der Waals surface area (Å²) in [5.74, 6) is 1.38. The summed E-state index contributed by atoms with van der Waals surface area (Å²) in [6, 6.07) is 21.7. The van der Waals surface area contributed by atoms with Crippen LogP contribution in [0, 0.1) is 5.41 Å². The average molecular weight is 642 g/mol. The first kappa shape index (κ1) is 32.0. The molecule has 3 aliphatic rings. The molecule has 45 heavy (non-hydrogen) atoms. The summed E-state index contributed by atoms with van der Waals surface area (Å²) in [5, 5.41) is 23.5. The molecule has 4 aromatic rings. The first-order valence-electron chi connectivity index (χ1n) is 16.1. The van der Waals surface area contributed by atoms with Crippen molar-refractivity contribution in [1.82, 2.24) is 4.98 Å². The van der Waals surface area contributed by atoms with Crippen molar-refractivity contribution in [2.45, 2.75) is 87.7 Å². The second-order valence-corrected chi connectivity index (χ2v) is 15.2. The molecule has 0 unspecified atom stereocenters. The van der Waals surface area contributed by atoms with Crippen LogP contribution in [0.1, 0.15) is 92.3 Å². The Labute approximate surface area is 274 Å². The molecular formula is C38H43NO4S2. The van der Waals surface area contributed by atoms with Gasteiger partial charge in [0, 0.05) is 22.3 Å². The number of thioether (sulfide) groups is 1. The van der Waals surface area contributed by atoms with E-state index in [1.54, 1.807) is 23.1 Å². The molecule has 0 spiro atoms. The molecule has 1 heterocycles. The number of allylic oxidation sites excluding steroid dienone is 2. The topological polar surface area (TPSA) is 79.7 Å². The molecule has 5 nitrogen and oxygen atoms in total. The van der Waals surface area contributed by atoms with Crippen molar-refractivity contribution in [1.29, 1.82) is 0 Å². The molecule has 7 heteroatoms. The summed E-state index contributed by atoms with van der Waals surface area (Å²) < 4.78 is 7.72. The van der Waals surface area contributed by atoms with Crippen LogP contribution in [-0.2, 0) is 6.42 Å². The summed E-state index contributed by atoms with van der Waals surface area (Å²) in [5.41, 5.74) is 4.14. The minimum Gasteiger partial charge on any atom is -0.494 e. The summed E-state index contributed by atoms with van der Waals surface area (Å²) in [7, 11) is 0. The zero-order valence-electron chi connectivity index (χ0n) is 26.4. The molecule has 0 aliphatic heterocycles. The second-order valence-electron chi connectivity index (χ2n) is 13.0. The zero-order valence-corrected chi connectivity index (χ0v) is 28.1. The lowest BCUT2D eigenvalue weighted by molar-refractivity contribution is -0.0422. The molecule has 0 amide bonds. The van der Waals surface area contributed by atoms with Crippen LogP contribution in [0.25, 0.3) is 10.2 Å². The van der Waals surface area contributed by atoms with E-state index in [0.29, 0.717) is 42.7 Å². The summed E-state index contributed by atoms with van der Waals surface area (Å²) in [6.07, 6.45) is 6.93. The van der Waals surface area contributed by atoms with Crippen LogP contribution in [0.2, 0.25) is 0 Å². The van der Waals surface area contributed by atoms with E-state index < -0.39 is 17.1 Å². The number of hydrogen-bond donors (Lipinski definition) is 2. The molecule has 0 saturated heterocycles. The summed E-state index contributed by atoms with van der Waals surface area (Å²) >= 11 is 3.28. The van der Waals surface area contributed by atoms with Crippen LogP contribution in [0.3, 0.4) is 0 Å². The lowest BCUT2D eigenvalue weighted by Crippen LogP contribution is -2.46. The van der Waals surface area contributed by atoms with Crippen molar-refractivity contribution in [3.8, 4) is 5.75 Å². The van der Waals surface area contributed by atoms with E-state index in [1.165, 1.54) is 5.57 Å². The number of fused-ring (bicyclic) bond motifs is 9. The van der Waals surface area contributed by atoms with Gasteiger partial charge in [0.25, 0.3) is 0 Å². The number of aromatic nitrogens is 1. The number of ether oxygens (including phenoxy) is 1. The first-order chi connectivity index (χ1) is 21.7. The first-order valence-corrected chi connectivity index (χ1v) is 17.9. The fourth-order valence-electron chi connectivity index (χ4n) is 7.30.